The van der Waals surface area contributed by atoms with E-state index in [4.69, 9.17) is 4.74 Å². The topological polar surface area (TPSA) is 75.7 Å². The summed E-state index contributed by atoms with van der Waals surface area (Å²) in [4.78, 5) is 37.1. The third-order valence-electron chi connectivity index (χ3n) is 4.04. The smallest absolute Gasteiger partial charge is 0.226 e. The largest absolute Gasteiger partial charge is 0.491 e. The molecule has 2 aromatic rings. The van der Waals surface area contributed by atoms with Crippen LogP contribution in [0.1, 0.15) is 44.5 Å². The summed E-state index contributed by atoms with van der Waals surface area (Å²) in [6, 6.07) is 13.9. The molecule has 6 nitrogen and oxygen atoms in total. The van der Waals surface area contributed by atoms with Gasteiger partial charge in [-0.15, -0.1) is 0 Å². The molecule has 0 aliphatic heterocycles. The van der Waals surface area contributed by atoms with Crippen LogP contribution in [-0.4, -0.2) is 30.2 Å². The lowest BCUT2D eigenvalue weighted by Gasteiger charge is -2.21. The van der Waals surface area contributed by atoms with Gasteiger partial charge in [0.2, 0.25) is 11.8 Å². The SMILES string of the molecule is CC(=O)c1ccc(N(CCC(=O)Nc2ccc(OC(C)C)cc2)C(C)=O)cc1. The van der Waals surface area contributed by atoms with Crippen molar-refractivity contribution in [3.05, 3.63) is 54.1 Å². The molecule has 0 atom stereocenters. The maximum absolute atomic E-state index is 12.3. The van der Waals surface area contributed by atoms with Gasteiger partial charge in [-0.05, 0) is 69.3 Å². The first kappa shape index (κ1) is 21.2. The number of ether oxygens (including phenoxy) is 1. The lowest BCUT2D eigenvalue weighted by atomic mass is 10.1. The molecule has 0 bridgehead atoms. The Balaban J connectivity index is 1.94. The Morgan fingerprint density at radius 2 is 1.57 bits per heavy atom. The number of hydrogen-bond donors (Lipinski definition) is 1. The van der Waals surface area contributed by atoms with E-state index in [9.17, 15) is 14.4 Å². The van der Waals surface area contributed by atoms with Gasteiger partial charge in [0, 0.05) is 36.8 Å². The average molecular weight is 382 g/mol. The summed E-state index contributed by atoms with van der Waals surface area (Å²) in [6.45, 7) is 7.08. The average Bonchev–Trinajstić information content (AvgIpc) is 2.63. The van der Waals surface area contributed by atoms with Crippen LogP contribution in [0.15, 0.2) is 48.5 Å². The van der Waals surface area contributed by atoms with Crippen molar-refractivity contribution in [2.45, 2.75) is 40.2 Å². The van der Waals surface area contributed by atoms with Crippen molar-refractivity contribution in [2.24, 2.45) is 0 Å². The summed E-state index contributed by atoms with van der Waals surface area (Å²) in [6.07, 6.45) is 0.237. The van der Waals surface area contributed by atoms with E-state index in [-0.39, 0.29) is 36.7 Å². The van der Waals surface area contributed by atoms with Crippen molar-refractivity contribution < 1.29 is 19.1 Å². The fourth-order valence-corrected chi connectivity index (χ4v) is 2.67. The standard InChI is InChI=1S/C22H26N2O4/c1-15(2)28-21-11-7-19(8-12-21)23-22(27)13-14-24(17(4)26)20-9-5-18(6-10-20)16(3)25/h5-12,15H,13-14H2,1-4H3,(H,23,27). The van der Waals surface area contributed by atoms with Gasteiger partial charge in [-0.25, -0.2) is 0 Å². The quantitative estimate of drug-likeness (QED) is 0.699. The van der Waals surface area contributed by atoms with Crippen LogP contribution in [0, 0.1) is 0 Å². The minimum absolute atomic E-state index is 0.0369. The molecule has 28 heavy (non-hydrogen) atoms. The van der Waals surface area contributed by atoms with Crippen LogP contribution in [0.3, 0.4) is 0 Å². The molecule has 0 aromatic heterocycles. The number of nitrogens with one attached hydrogen (secondary N) is 1. The van der Waals surface area contributed by atoms with E-state index < -0.39 is 0 Å². The zero-order valence-corrected chi connectivity index (χ0v) is 16.7. The van der Waals surface area contributed by atoms with E-state index in [0.29, 0.717) is 16.9 Å². The highest BCUT2D eigenvalue weighted by molar-refractivity contribution is 5.97. The van der Waals surface area contributed by atoms with Crippen molar-refractivity contribution >= 4 is 29.0 Å². The minimum atomic E-state index is -0.191. The number of anilines is 2. The Kier molecular flexibility index (Phi) is 7.32. The minimum Gasteiger partial charge on any atom is -0.491 e. The van der Waals surface area contributed by atoms with E-state index >= 15 is 0 Å². The van der Waals surface area contributed by atoms with Gasteiger partial charge in [-0.1, -0.05) is 0 Å². The number of rotatable bonds is 8. The Bertz CT molecular complexity index is 827. The van der Waals surface area contributed by atoms with Crippen LogP contribution in [-0.2, 0) is 9.59 Å². The highest BCUT2D eigenvalue weighted by Crippen LogP contribution is 2.18. The van der Waals surface area contributed by atoms with Gasteiger partial charge < -0.3 is 15.0 Å². The van der Waals surface area contributed by atoms with Crippen LogP contribution < -0.4 is 15.0 Å². The third kappa shape index (κ3) is 6.23. The van der Waals surface area contributed by atoms with Crippen LogP contribution in [0.2, 0.25) is 0 Å². The summed E-state index contributed by atoms with van der Waals surface area (Å²) >= 11 is 0. The summed E-state index contributed by atoms with van der Waals surface area (Å²) < 4.78 is 5.57. The maximum atomic E-state index is 12.3. The van der Waals surface area contributed by atoms with Crippen LogP contribution in [0.4, 0.5) is 11.4 Å². The molecule has 0 aliphatic rings. The second-order valence-electron chi connectivity index (χ2n) is 6.76. The molecule has 0 aliphatic carbocycles. The number of carbonyl (C=O) groups excluding carboxylic acids is 3. The molecule has 148 valence electrons. The first-order chi connectivity index (χ1) is 13.3. The first-order valence-corrected chi connectivity index (χ1v) is 9.22. The van der Waals surface area contributed by atoms with Crippen molar-refractivity contribution in [3.63, 3.8) is 0 Å². The molecule has 2 aromatic carbocycles. The van der Waals surface area contributed by atoms with E-state index in [1.165, 1.54) is 18.7 Å². The molecule has 2 rings (SSSR count). The van der Waals surface area contributed by atoms with Gasteiger partial charge >= 0.3 is 0 Å². The molecule has 6 heteroatoms. The summed E-state index contributed by atoms with van der Waals surface area (Å²) in [5.74, 6) is 0.345. The Morgan fingerprint density at radius 1 is 0.964 bits per heavy atom. The number of Topliss-reactive ketones (excluding diaryl/α,β-unsaturated/α-hetero) is 1. The van der Waals surface area contributed by atoms with Crippen LogP contribution >= 0.6 is 0 Å². The molecular weight excluding hydrogens is 356 g/mol. The number of amides is 2. The van der Waals surface area contributed by atoms with Gasteiger partial charge in [0.05, 0.1) is 6.10 Å². The van der Waals surface area contributed by atoms with Gasteiger partial charge in [-0.3, -0.25) is 14.4 Å². The van der Waals surface area contributed by atoms with Crippen LogP contribution in [0.25, 0.3) is 0 Å². The van der Waals surface area contributed by atoms with Gasteiger partial charge in [-0.2, -0.15) is 0 Å². The molecule has 1 N–H and O–H groups in total. The fourth-order valence-electron chi connectivity index (χ4n) is 2.67. The molecule has 2 amide bonds. The summed E-state index contributed by atoms with van der Waals surface area (Å²) in [5, 5.41) is 2.82. The molecule has 0 saturated carbocycles. The predicted molar refractivity (Wildman–Crippen MR) is 110 cm³/mol. The van der Waals surface area contributed by atoms with Gasteiger partial charge in [0.15, 0.2) is 5.78 Å². The molecule has 0 radical (unpaired) electrons. The predicted octanol–water partition coefficient (Wildman–Crippen LogP) is 4.06. The number of nitrogens with zero attached hydrogens (tertiary/aromatic N) is 1. The van der Waals surface area contributed by atoms with Gasteiger partial charge in [0.25, 0.3) is 0 Å². The van der Waals surface area contributed by atoms with Gasteiger partial charge in [0.1, 0.15) is 5.75 Å². The zero-order valence-electron chi connectivity index (χ0n) is 16.7. The zero-order chi connectivity index (χ0) is 20.7. The van der Waals surface area contributed by atoms with Crippen molar-refractivity contribution in [2.75, 3.05) is 16.8 Å². The Labute approximate surface area is 165 Å². The molecule has 0 fully saturated rings. The van der Waals surface area contributed by atoms with E-state index in [0.717, 1.165) is 5.75 Å². The number of hydrogen-bond acceptors (Lipinski definition) is 4. The maximum Gasteiger partial charge on any atom is 0.226 e. The monoisotopic (exact) mass is 382 g/mol. The molecule has 0 spiro atoms. The number of carbonyl (C=O) groups is 3. The van der Waals surface area contributed by atoms with Crippen LogP contribution in [0.5, 0.6) is 5.75 Å². The van der Waals surface area contributed by atoms with Crippen molar-refractivity contribution in [3.8, 4) is 5.75 Å². The molecule has 0 saturated heterocycles. The molecular formula is C22H26N2O4. The van der Waals surface area contributed by atoms with E-state index in [2.05, 4.69) is 5.32 Å². The normalized spacial score (nSPS) is 10.5. The lowest BCUT2D eigenvalue weighted by Crippen LogP contribution is -2.32. The second-order valence-corrected chi connectivity index (χ2v) is 6.76. The number of ketones is 1. The second kappa shape index (κ2) is 9.69. The highest BCUT2D eigenvalue weighted by Gasteiger charge is 2.14. The number of benzene rings is 2. The Morgan fingerprint density at radius 3 is 2.07 bits per heavy atom. The van der Waals surface area contributed by atoms with Crippen molar-refractivity contribution in [1.29, 1.82) is 0 Å². The van der Waals surface area contributed by atoms with E-state index in [1.807, 2.05) is 13.8 Å². The fraction of sp³-hybridized carbons (Fsp3) is 0.318. The highest BCUT2D eigenvalue weighted by atomic mass is 16.5. The lowest BCUT2D eigenvalue weighted by molar-refractivity contribution is -0.117. The molecule has 0 heterocycles. The van der Waals surface area contributed by atoms with E-state index in [1.54, 1.807) is 48.5 Å². The molecule has 0 unspecified atom stereocenters. The first-order valence-electron chi connectivity index (χ1n) is 9.22. The third-order valence-corrected chi connectivity index (χ3v) is 4.04. The summed E-state index contributed by atoms with van der Waals surface area (Å²) in [5.41, 5.74) is 1.90. The van der Waals surface area contributed by atoms with Crippen molar-refractivity contribution in [1.82, 2.24) is 0 Å². The Hall–Kier alpha value is -3.15. The summed E-state index contributed by atoms with van der Waals surface area (Å²) in [7, 11) is 0.